The van der Waals surface area contributed by atoms with E-state index < -0.39 is 0 Å². The van der Waals surface area contributed by atoms with Crippen molar-refractivity contribution in [3.05, 3.63) is 51.2 Å². The van der Waals surface area contributed by atoms with E-state index in [2.05, 4.69) is 24.1 Å². The Morgan fingerprint density at radius 3 is 2.62 bits per heavy atom. The van der Waals surface area contributed by atoms with Gasteiger partial charge in [-0.2, -0.15) is 0 Å². The average molecular weight is 420 g/mol. The number of carbonyl (C=O) groups is 1. The molecule has 1 N–H and O–H groups in total. The third kappa shape index (κ3) is 4.94. The number of hydrogen-bond acceptors (Lipinski definition) is 4. The largest absolute Gasteiger partial charge is 0.332 e. The molecule has 1 aromatic heterocycles. The summed E-state index contributed by atoms with van der Waals surface area (Å²) in [6.07, 6.45) is 0.618. The molecule has 1 fully saturated rings. The highest BCUT2D eigenvalue weighted by Gasteiger charge is 2.30. The second kappa shape index (κ2) is 9.65. The number of carbonyl (C=O) groups excluding carboxylic acids is 1. The van der Waals surface area contributed by atoms with E-state index in [9.17, 15) is 9.18 Å². The van der Waals surface area contributed by atoms with Gasteiger partial charge >= 0.3 is 0 Å². The summed E-state index contributed by atoms with van der Waals surface area (Å²) in [5.74, 6) is -0.178. The molecule has 2 heterocycles. The number of nitrogens with zero attached hydrogens (tertiary/aromatic N) is 2. The van der Waals surface area contributed by atoms with E-state index in [-0.39, 0.29) is 48.6 Å². The fourth-order valence-corrected chi connectivity index (χ4v) is 4.03. The van der Waals surface area contributed by atoms with E-state index in [1.165, 1.54) is 23.5 Å². The first kappa shape index (κ1) is 22.8. The van der Waals surface area contributed by atoms with E-state index in [0.29, 0.717) is 11.3 Å². The summed E-state index contributed by atoms with van der Waals surface area (Å²) in [5, 5.41) is 4.28. The summed E-state index contributed by atoms with van der Waals surface area (Å²) in [4.78, 5) is 20.1. The van der Waals surface area contributed by atoms with E-state index in [1.807, 2.05) is 11.8 Å². The number of nitrogens with one attached hydrogen (secondary N) is 1. The van der Waals surface area contributed by atoms with E-state index in [4.69, 9.17) is 0 Å². The normalized spacial score (nSPS) is 19.5. The van der Waals surface area contributed by atoms with Crippen LogP contribution in [0.5, 0.6) is 0 Å². The highest BCUT2D eigenvalue weighted by Crippen LogP contribution is 2.24. The minimum Gasteiger partial charge on any atom is -0.332 e. The van der Waals surface area contributed by atoms with Gasteiger partial charge in [0.15, 0.2) is 0 Å². The number of aromatic nitrogens is 1. The van der Waals surface area contributed by atoms with Gasteiger partial charge in [-0.05, 0) is 38.5 Å². The molecule has 1 saturated heterocycles. The summed E-state index contributed by atoms with van der Waals surface area (Å²) < 4.78 is 13.0. The molecule has 4 nitrogen and oxygen atoms in total. The van der Waals surface area contributed by atoms with Crippen LogP contribution < -0.4 is 5.32 Å². The van der Waals surface area contributed by atoms with Gasteiger partial charge in [0.1, 0.15) is 10.7 Å². The topological polar surface area (TPSA) is 45.2 Å². The van der Waals surface area contributed by atoms with Crippen molar-refractivity contribution in [2.24, 2.45) is 0 Å². The number of rotatable bonds is 3. The van der Waals surface area contributed by atoms with Crippen LogP contribution in [-0.2, 0) is 6.42 Å². The van der Waals surface area contributed by atoms with Crippen molar-refractivity contribution in [2.75, 3.05) is 13.1 Å². The molecule has 0 aliphatic carbocycles. The summed E-state index contributed by atoms with van der Waals surface area (Å²) >= 11 is 1.45. The fraction of sp³-hybridized carbons (Fsp3) is 0.444. The lowest BCUT2D eigenvalue weighted by atomic mass is 10.1. The van der Waals surface area contributed by atoms with E-state index >= 15 is 0 Å². The summed E-state index contributed by atoms with van der Waals surface area (Å²) in [5.41, 5.74) is 1.77. The molecule has 2 aromatic rings. The molecule has 1 aliphatic heterocycles. The van der Waals surface area contributed by atoms with Crippen molar-refractivity contribution in [3.63, 3.8) is 0 Å². The van der Waals surface area contributed by atoms with Crippen molar-refractivity contribution < 1.29 is 9.18 Å². The predicted octanol–water partition coefficient (Wildman–Crippen LogP) is 3.85. The van der Waals surface area contributed by atoms with Gasteiger partial charge in [0.25, 0.3) is 5.91 Å². The zero-order chi connectivity index (χ0) is 17.3. The van der Waals surface area contributed by atoms with Crippen LogP contribution in [0.1, 0.15) is 39.8 Å². The maximum absolute atomic E-state index is 13.0. The molecule has 1 amide bonds. The lowest BCUT2D eigenvalue weighted by Crippen LogP contribution is -2.57. The minimum atomic E-state index is -0.244. The number of aryl methyl sites for hydroxylation is 1. The Morgan fingerprint density at radius 1 is 1.31 bits per heavy atom. The van der Waals surface area contributed by atoms with Gasteiger partial charge in [-0.3, -0.25) is 4.79 Å². The van der Waals surface area contributed by atoms with Crippen molar-refractivity contribution >= 4 is 42.1 Å². The lowest BCUT2D eigenvalue weighted by molar-refractivity contribution is 0.0607. The Bertz CT molecular complexity index is 739. The Kier molecular flexibility index (Phi) is 8.47. The quantitative estimate of drug-likeness (QED) is 0.821. The molecule has 2 atom stereocenters. The highest BCUT2D eigenvalue weighted by molar-refractivity contribution is 7.13. The summed E-state index contributed by atoms with van der Waals surface area (Å²) in [6, 6.07) is 6.86. The first-order valence-electron chi connectivity index (χ1n) is 8.21. The van der Waals surface area contributed by atoms with Gasteiger partial charge < -0.3 is 10.2 Å². The number of hydrogen-bond donors (Lipinski definition) is 1. The van der Waals surface area contributed by atoms with Gasteiger partial charge in [-0.1, -0.05) is 12.1 Å². The molecule has 0 radical (unpaired) electrons. The van der Waals surface area contributed by atoms with Crippen molar-refractivity contribution in [2.45, 2.75) is 39.3 Å². The Hall–Kier alpha value is -1.21. The molecule has 1 aromatic carbocycles. The molecule has 8 heteroatoms. The van der Waals surface area contributed by atoms with E-state index in [1.54, 1.807) is 12.1 Å². The molecular weight excluding hydrogens is 396 g/mol. The fourth-order valence-electron chi connectivity index (χ4n) is 2.98. The van der Waals surface area contributed by atoms with Gasteiger partial charge in [0.2, 0.25) is 0 Å². The van der Waals surface area contributed by atoms with Gasteiger partial charge in [-0.15, -0.1) is 36.2 Å². The van der Waals surface area contributed by atoms with Crippen LogP contribution >= 0.6 is 36.2 Å². The second-order valence-electron chi connectivity index (χ2n) is 6.31. The number of amides is 1. The van der Waals surface area contributed by atoms with Crippen LogP contribution in [0.15, 0.2) is 24.3 Å². The highest BCUT2D eigenvalue weighted by atomic mass is 35.5. The summed E-state index contributed by atoms with van der Waals surface area (Å²) in [7, 11) is 0. The van der Waals surface area contributed by atoms with Crippen LogP contribution in [0.25, 0.3) is 0 Å². The van der Waals surface area contributed by atoms with Crippen molar-refractivity contribution in [1.82, 2.24) is 15.2 Å². The molecule has 0 saturated carbocycles. The van der Waals surface area contributed by atoms with Crippen molar-refractivity contribution in [1.29, 1.82) is 0 Å². The molecule has 1 aliphatic rings. The number of piperazine rings is 1. The standard InChI is InChI=1S/C18H22FN3OS.2ClH/c1-11-13(3)22(9-8-20-11)18(23)17-12(2)21-16(24-17)10-14-4-6-15(19)7-5-14;;/h4-7,11,13,20H,8-10H2,1-3H3;2*1H. The maximum atomic E-state index is 13.0. The first-order chi connectivity index (χ1) is 11.5. The van der Waals surface area contributed by atoms with Crippen LogP contribution in [0.3, 0.4) is 0 Å². The summed E-state index contributed by atoms with van der Waals surface area (Å²) in [6.45, 7) is 7.59. The average Bonchev–Trinajstić information content (AvgIpc) is 2.92. The van der Waals surface area contributed by atoms with Crippen LogP contribution in [0, 0.1) is 12.7 Å². The van der Waals surface area contributed by atoms with Crippen LogP contribution in [0.2, 0.25) is 0 Å². The molecule has 144 valence electrons. The zero-order valence-corrected chi connectivity index (χ0v) is 17.4. The molecule has 3 rings (SSSR count). The van der Waals surface area contributed by atoms with E-state index in [0.717, 1.165) is 29.4 Å². The molecular formula is C18H24Cl2FN3OS. The monoisotopic (exact) mass is 419 g/mol. The Labute approximate surface area is 170 Å². The molecule has 0 spiro atoms. The maximum Gasteiger partial charge on any atom is 0.266 e. The van der Waals surface area contributed by atoms with Gasteiger partial charge in [0.05, 0.1) is 10.7 Å². The third-order valence-electron chi connectivity index (χ3n) is 4.60. The van der Waals surface area contributed by atoms with Gasteiger partial charge in [0, 0.05) is 31.6 Å². The zero-order valence-electron chi connectivity index (χ0n) is 15.0. The van der Waals surface area contributed by atoms with Crippen LogP contribution in [0.4, 0.5) is 4.39 Å². The smallest absolute Gasteiger partial charge is 0.266 e. The third-order valence-corrected chi connectivity index (χ3v) is 5.74. The van der Waals surface area contributed by atoms with Crippen molar-refractivity contribution in [3.8, 4) is 0 Å². The Morgan fingerprint density at radius 2 is 1.96 bits per heavy atom. The second-order valence-corrected chi connectivity index (χ2v) is 7.39. The van der Waals surface area contributed by atoms with Gasteiger partial charge in [-0.25, -0.2) is 9.37 Å². The predicted molar refractivity (Wildman–Crippen MR) is 109 cm³/mol. The minimum absolute atomic E-state index is 0. The molecule has 2 unspecified atom stereocenters. The molecule has 26 heavy (non-hydrogen) atoms. The number of benzene rings is 1. The lowest BCUT2D eigenvalue weighted by Gasteiger charge is -2.38. The number of thiazole rings is 1. The number of halogens is 3. The van der Waals surface area contributed by atoms with Crippen LogP contribution in [-0.4, -0.2) is 41.0 Å². The molecule has 0 bridgehead atoms. The Balaban J connectivity index is 0.00000169. The first-order valence-corrected chi connectivity index (χ1v) is 9.02. The SMILES string of the molecule is Cc1nc(Cc2ccc(F)cc2)sc1C(=O)N1CCNC(C)C1C.Cl.Cl.